The lowest BCUT2D eigenvalue weighted by atomic mass is 9.91. The lowest BCUT2D eigenvalue weighted by Gasteiger charge is -2.37. The molecule has 0 aliphatic heterocycles. The predicted octanol–water partition coefficient (Wildman–Crippen LogP) is 8.20. The molecule has 0 aromatic heterocycles. The summed E-state index contributed by atoms with van der Waals surface area (Å²) in [4.78, 5) is 15.2. The summed E-state index contributed by atoms with van der Waals surface area (Å²) in [5.41, 5.74) is 4.95. The van der Waals surface area contributed by atoms with Crippen LogP contribution >= 0.6 is 0 Å². The second-order valence-corrected chi connectivity index (χ2v) is 9.47. The normalized spacial score (nSPS) is 12.8. The van der Waals surface area contributed by atoms with E-state index in [0.717, 1.165) is 28.3 Å². The molecule has 2 unspecified atom stereocenters. The lowest BCUT2D eigenvalue weighted by Crippen LogP contribution is -2.33. The summed E-state index contributed by atoms with van der Waals surface area (Å²) in [6.07, 6.45) is 0.131. The molecular formula is C33H33F2NO2. The first kappa shape index (κ1) is 27.2. The van der Waals surface area contributed by atoms with Gasteiger partial charge in [0.1, 0.15) is 11.6 Å². The highest BCUT2D eigenvalue weighted by molar-refractivity contribution is 5.72. The van der Waals surface area contributed by atoms with Crippen molar-refractivity contribution in [1.29, 1.82) is 0 Å². The molecule has 4 aromatic carbocycles. The first-order chi connectivity index (χ1) is 18.4. The number of carbonyl (C=O) groups excluding carboxylic acids is 1. The fourth-order valence-electron chi connectivity index (χ4n) is 4.88. The molecule has 38 heavy (non-hydrogen) atoms. The van der Waals surface area contributed by atoms with Crippen LogP contribution in [0, 0.1) is 18.6 Å². The largest absolute Gasteiger partial charge is 0.466 e. The van der Waals surface area contributed by atoms with Crippen LogP contribution in [0.1, 0.15) is 54.6 Å². The Labute approximate surface area is 223 Å². The molecule has 0 heterocycles. The van der Waals surface area contributed by atoms with Crippen LogP contribution in [-0.2, 0) is 16.1 Å². The molecule has 0 spiro atoms. The van der Waals surface area contributed by atoms with Crippen molar-refractivity contribution in [3.8, 4) is 11.1 Å². The summed E-state index contributed by atoms with van der Waals surface area (Å²) in [5.74, 6) is -1.54. The SMILES string of the molecule is CCOC(=O)CC(c1ccc(C)c(-c2ccc(F)cc2F)c1)N(Cc1ccccc1)C(C)c1ccccc1. The quantitative estimate of drug-likeness (QED) is 0.200. The highest BCUT2D eigenvalue weighted by atomic mass is 19.1. The second-order valence-electron chi connectivity index (χ2n) is 9.47. The Hall–Kier alpha value is -3.83. The predicted molar refractivity (Wildman–Crippen MR) is 147 cm³/mol. The van der Waals surface area contributed by atoms with Crippen molar-refractivity contribution in [2.24, 2.45) is 0 Å². The molecule has 0 amide bonds. The van der Waals surface area contributed by atoms with Crippen LogP contribution in [-0.4, -0.2) is 17.5 Å². The maximum Gasteiger partial charge on any atom is 0.307 e. The molecule has 196 valence electrons. The van der Waals surface area contributed by atoms with Gasteiger partial charge in [0.15, 0.2) is 0 Å². The highest BCUT2D eigenvalue weighted by Gasteiger charge is 2.29. The van der Waals surface area contributed by atoms with Crippen LogP contribution in [0.4, 0.5) is 8.78 Å². The number of benzene rings is 4. The smallest absolute Gasteiger partial charge is 0.307 e. The van der Waals surface area contributed by atoms with Gasteiger partial charge in [-0.15, -0.1) is 0 Å². The Morgan fingerprint density at radius 3 is 2.18 bits per heavy atom. The van der Waals surface area contributed by atoms with Crippen molar-refractivity contribution in [3.05, 3.63) is 131 Å². The Kier molecular flexibility index (Phi) is 9.03. The molecule has 0 saturated carbocycles. The summed E-state index contributed by atoms with van der Waals surface area (Å²) in [5, 5.41) is 0. The maximum atomic E-state index is 14.8. The van der Waals surface area contributed by atoms with E-state index in [4.69, 9.17) is 4.74 Å². The standard InChI is InChI=1S/C33H33F2NO2/c1-4-38-33(37)21-32(27-16-15-23(2)30(19-27)29-18-17-28(34)20-31(29)35)36(22-25-11-7-5-8-12-25)24(3)26-13-9-6-10-14-26/h5-20,24,32H,4,21-22H2,1-3H3. The Morgan fingerprint density at radius 2 is 1.53 bits per heavy atom. The Morgan fingerprint density at radius 1 is 0.842 bits per heavy atom. The summed E-state index contributed by atoms with van der Waals surface area (Å²) in [6, 6.07) is 29.4. The van der Waals surface area contributed by atoms with Crippen LogP contribution in [0.5, 0.6) is 0 Å². The third-order valence-electron chi connectivity index (χ3n) is 6.92. The number of rotatable bonds is 10. The minimum Gasteiger partial charge on any atom is -0.466 e. The molecule has 0 bridgehead atoms. The van der Waals surface area contributed by atoms with Crippen molar-refractivity contribution < 1.29 is 18.3 Å². The van der Waals surface area contributed by atoms with E-state index in [1.165, 1.54) is 12.1 Å². The molecule has 3 nitrogen and oxygen atoms in total. The van der Waals surface area contributed by atoms with Crippen LogP contribution in [0.15, 0.2) is 97.1 Å². The van der Waals surface area contributed by atoms with E-state index in [1.807, 2.05) is 61.5 Å². The summed E-state index contributed by atoms with van der Waals surface area (Å²) >= 11 is 0. The molecule has 2 atom stereocenters. The van der Waals surface area contributed by atoms with E-state index in [1.54, 1.807) is 6.92 Å². The average molecular weight is 514 g/mol. The van der Waals surface area contributed by atoms with Crippen LogP contribution < -0.4 is 0 Å². The number of esters is 1. The fraction of sp³-hybridized carbons (Fsp3) is 0.242. The number of aryl methyl sites for hydroxylation is 1. The maximum absolute atomic E-state index is 14.8. The summed E-state index contributed by atoms with van der Waals surface area (Å²) in [6.45, 7) is 6.71. The first-order valence-corrected chi connectivity index (χ1v) is 12.9. The second kappa shape index (κ2) is 12.6. The van der Waals surface area contributed by atoms with Gasteiger partial charge in [-0.3, -0.25) is 9.69 Å². The van der Waals surface area contributed by atoms with Gasteiger partial charge in [-0.1, -0.05) is 72.8 Å². The fourth-order valence-corrected chi connectivity index (χ4v) is 4.88. The van der Waals surface area contributed by atoms with E-state index in [-0.39, 0.29) is 24.5 Å². The number of carbonyl (C=O) groups is 1. The molecule has 4 aromatic rings. The van der Waals surface area contributed by atoms with Crippen LogP contribution in [0.2, 0.25) is 0 Å². The van der Waals surface area contributed by atoms with E-state index in [0.29, 0.717) is 24.3 Å². The van der Waals surface area contributed by atoms with Gasteiger partial charge in [0.25, 0.3) is 0 Å². The van der Waals surface area contributed by atoms with E-state index in [9.17, 15) is 13.6 Å². The van der Waals surface area contributed by atoms with Gasteiger partial charge in [-0.25, -0.2) is 8.78 Å². The molecule has 0 aliphatic carbocycles. The average Bonchev–Trinajstić information content (AvgIpc) is 2.92. The molecule has 4 rings (SSSR count). The van der Waals surface area contributed by atoms with Crippen molar-refractivity contribution in [2.45, 2.75) is 45.8 Å². The summed E-state index contributed by atoms with van der Waals surface area (Å²) in [7, 11) is 0. The third kappa shape index (κ3) is 6.53. The summed E-state index contributed by atoms with van der Waals surface area (Å²) < 4.78 is 33.9. The van der Waals surface area contributed by atoms with E-state index < -0.39 is 11.6 Å². The van der Waals surface area contributed by atoms with Crippen LogP contribution in [0.25, 0.3) is 11.1 Å². The molecule has 0 fully saturated rings. The number of nitrogens with zero attached hydrogens (tertiary/aromatic N) is 1. The number of halogens is 2. The monoisotopic (exact) mass is 513 g/mol. The zero-order valence-corrected chi connectivity index (χ0v) is 22.0. The molecule has 0 aliphatic rings. The Bertz CT molecular complexity index is 1360. The zero-order chi connectivity index (χ0) is 27.1. The van der Waals surface area contributed by atoms with Gasteiger partial charge in [0.05, 0.1) is 13.0 Å². The van der Waals surface area contributed by atoms with Crippen molar-refractivity contribution in [2.75, 3.05) is 6.61 Å². The number of hydrogen-bond acceptors (Lipinski definition) is 3. The third-order valence-corrected chi connectivity index (χ3v) is 6.92. The van der Waals surface area contributed by atoms with Gasteiger partial charge in [-0.05, 0) is 66.8 Å². The topological polar surface area (TPSA) is 29.5 Å². The van der Waals surface area contributed by atoms with Crippen LogP contribution in [0.3, 0.4) is 0 Å². The highest BCUT2D eigenvalue weighted by Crippen LogP contribution is 2.37. The van der Waals surface area contributed by atoms with Gasteiger partial charge in [-0.2, -0.15) is 0 Å². The van der Waals surface area contributed by atoms with E-state index >= 15 is 0 Å². The molecule has 0 saturated heterocycles. The molecular weight excluding hydrogens is 480 g/mol. The first-order valence-electron chi connectivity index (χ1n) is 12.9. The van der Waals surface area contributed by atoms with Gasteiger partial charge in [0.2, 0.25) is 0 Å². The molecule has 0 radical (unpaired) electrons. The molecule has 0 N–H and O–H groups in total. The minimum atomic E-state index is -0.619. The molecule has 5 heteroatoms. The number of ether oxygens (including phenoxy) is 1. The van der Waals surface area contributed by atoms with E-state index in [2.05, 4.69) is 36.1 Å². The van der Waals surface area contributed by atoms with Crippen molar-refractivity contribution >= 4 is 5.97 Å². The van der Waals surface area contributed by atoms with Crippen molar-refractivity contribution in [1.82, 2.24) is 4.90 Å². The van der Waals surface area contributed by atoms with Crippen molar-refractivity contribution in [3.63, 3.8) is 0 Å². The minimum absolute atomic E-state index is 0.0388. The zero-order valence-electron chi connectivity index (χ0n) is 22.0. The van der Waals surface area contributed by atoms with Gasteiger partial charge in [0, 0.05) is 30.3 Å². The van der Waals surface area contributed by atoms with Gasteiger partial charge < -0.3 is 4.74 Å². The van der Waals surface area contributed by atoms with Gasteiger partial charge >= 0.3 is 5.97 Å². The Balaban J connectivity index is 1.84. The number of hydrogen-bond donors (Lipinski definition) is 0. The lowest BCUT2D eigenvalue weighted by molar-refractivity contribution is -0.145.